The maximum atomic E-state index is 2.70. The van der Waals surface area contributed by atoms with E-state index in [1.165, 1.54) is 52.0 Å². The molecule has 0 aliphatic carbocycles. The lowest BCUT2D eigenvalue weighted by molar-refractivity contribution is -0.0197. The van der Waals surface area contributed by atoms with Gasteiger partial charge in [0.25, 0.3) is 0 Å². The first-order valence-corrected chi connectivity index (χ1v) is 7.18. The van der Waals surface area contributed by atoms with Gasteiger partial charge in [-0.05, 0) is 53.6 Å². The molecule has 0 aromatic heterocycles. The van der Waals surface area contributed by atoms with E-state index in [0.717, 1.165) is 0 Å². The summed E-state index contributed by atoms with van der Waals surface area (Å²) in [4.78, 5) is 7.87. The van der Waals surface area contributed by atoms with Crippen molar-refractivity contribution in [3.05, 3.63) is 0 Å². The summed E-state index contributed by atoms with van der Waals surface area (Å²) in [5.41, 5.74) is 0.338. The molecule has 3 nitrogen and oxygen atoms in total. The van der Waals surface area contributed by atoms with Gasteiger partial charge in [0.2, 0.25) is 0 Å². The Morgan fingerprint density at radius 2 is 1.53 bits per heavy atom. The van der Waals surface area contributed by atoms with Crippen LogP contribution in [0.5, 0.6) is 0 Å². The third kappa shape index (κ3) is 3.21. The summed E-state index contributed by atoms with van der Waals surface area (Å²) in [6.45, 7) is 13.2. The third-order valence-corrected chi connectivity index (χ3v) is 4.42. The van der Waals surface area contributed by atoms with E-state index >= 15 is 0 Å². The number of piperidine rings is 1. The molecule has 0 amide bonds. The maximum Gasteiger partial charge on any atom is 0.0620 e. The van der Waals surface area contributed by atoms with E-state index in [1.54, 1.807) is 0 Å². The molecule has 0 radical (unpaired) electrons. The van der Waals surface area contributed by atoms with Crippen LogP contribution in [-0.2, 0) is 0 Å². The molecule has 2 aliphatic rings. The van der Waals surface area contributed by atoms with Crippen LogP contribution in [0.3, 0.4) is 0 Å². The number of piperazine rings is 1. The van der Waals surface area contributed by atoms with Gasteiger partial charge in [0.1, 0.15) is 0 Å². The molecule has 3 heteroatoms. The molecular weight excluding hydrogens is 210 g/mol. The summed E-state index contributed by atoms with van der Waals surface area (Å²) in [6, 6.07) is 0. The molecule has 0 bridgehead atoms. The molecular formula is C14H29N3. The summed E-state index contributed by atoms with van der Waals surface area (Å²) in [6.07, 6.45) is 4.88. The number of likely N-dealkylation sites (tertiary alicyclic amines) is 1. The van der Waals surface area contributed by atoms with E-state index in [2.05, 4.69) is 42.5 Å². The summed E-state index contributed by atoms with van der Waals surface area (Å²) in [7, 11) is 2.29. The predicted octanol–water partition coefficient (Wildman–Crippen LogP) is 1.84. The predicted molar refractivity (Wildman–Crippen MR) is 73.2 cm³/mol. The highest BCUT2D eigenvalue weighted by Crippen LogP contribution is 2.22. The molecule has 2 rings (SSSR count). The quantitative estimate of drug-likeness (QED) is 0.691. The maximum absolute atomic E-state index is 2.70. The molecule has 100 valence electrons. The van der Waals surface area contributed by atoms with Gasteiger partial charge in [-0.3, -0.25) is 14.7 Å². The molecule has 17 heavy (non-hydrogen) atoms. The molecule has 0 aromatic carbocycles. The SMILES string of the molecule is CN1CCCCC1N1CCN(C(C)(C)C)CC1. The Hall–Kier alpha value is -0.120. The Morgan fingerprint density at radius 3 is 2.06 bits per heavy atom. The van der Waals surface area contributed by atoms with Crippen LogP contribution < -0.4 is 0 Å². The fourth-order valence-electron chi connectivity index (χ4n) is 3.21. The van der Waals surface area contributed by atoms with Crippen molar-refractivity contribution in [2.45, 2.75) is 51.7 Å². The summed E-state index contributed by atoms with van der Waals surface area (Å²) in [5.74, 6) is 0. The van der Waals surface area contributed by atoms with E-state index in [4.69, 9.17) is 0 Å². The molecule has 2 heterocycles. The highest BCUT2D eigenvalue weighted by molar-refractivity contribution is 4.85. The zero-order valence-corrected chi connectivity index (χ0v) is 12.1. The van der Waals surface area contributed by atoms with Crippen LogP contribution in [-0.4, -0.2) is 66.2 Å². The second-order valence-corrected chi connectivity index (χ2v) is 6.65. The first-order valence-electron chi connectivity index (χ1n) is 7.18. The Labute approximate surface area is 107 Å². The highest BCUT2D eigenvalue weighted by Gasteiger charge is 2.31. The standard InChI is InChI=1S/C14H29N3/c1-14(2,3)17-11-9-16(10-12-17)13-7-5-6-8-15(13)4/h13H,5-12H2,1-4H3. The monoisotopic (exact) mass is 239 g/mol. The lowest BCUT2D eigenvalue weighted by atomic mass is 10.0. The number of nitrogens with zero attached hydrogens (tertiary/aromatic N) is 3. The fourth-order valence-corrected chi connectivity index (χ4v) is 3.21. The molecule has 2 fully saturated rings. The first kappa shape index (κ1) is 13.3. The minimum Gasteiger partial charge on any atom is -0.296 e. The second-order valence-electron chi connectivity index (χ2n) is 6.65. The minimum atomic E-state index is 0.338. The first-order chi connectivity index (χ1) is 7.98. The second kappa shape index (κ2) is 5.25. The van der Waals surface area contributed by atoms with E-state index in [9.17, 15) is 0 Å². The van der Waals surface area contributed by atoms with Gasteiger partial charge in [-0.1, -0.05) is 0 Å². The van der Waals surface area contributed by atoms with Gasteiger partial charge in [0.15, 0.2) is 0 Å². The van der Waals surface area contributed by atoms with Crippen LogP contribution in [0, 0.1) is 0 Å². The fraction of sp³-hybridized carbons (Fsp3) is 1.00. The molecule has 2 saturated heterocycles. The van der Waals surface area contributed by atoms with Crippen molar-refractivity contribution in [1.29, 1.82) is 0 Å². The zero-order valence-electron chi connectivity index (χ0n) is 12.1. The van der Waals surface area contributed by atoms with Crippen LogP contribution in [0.15, 0.2) is 0 Å². The van der Waals surface area contributed by atoms with Gasteiger partial charge < -0.3 is 0 Å². The average molecular weight is 239 g/mol. The van der Waals surface area contributed by atoms with E-state index in [-0.39, 0.29) is 0 Å². The van der Waals surface area contributed by atoms with Crippen LogP contribution >= 0.6 is 0 Å². The van der Waals surface area contributed by atoms with Crippen molar-refractivity contribution in [3.63, 3.8) is 0 Å². The van der Waals surface area contributed by atoms with Crippen molar-refractivity contribution in [1.82, 2.24) is 14.7 Å². The Bertz CT molecular complexity index is 238. The van der Waals surface area contributed by atoms with Crippen molar-refractivity contribution in [2.24, 2.45) is 0 Å². The number of rotatable bonds is 1. The molecule has 0 spiro atoms. The summed E-state index contributed by atoms with van der Waals surface area (Å²) >= 11 is 0. The lowest BCUT2D eigenvalue weighted by Gasteiger charge is -2.47. The Balaban J connectivity index is 1.86. The van der Waals surface area contributed by atoms with Gasteiger partial charge in [0, 0.05) is 31.7 Å². The molecule has 0 saturated carbocycles. The van der Waals surface area contributed by atoms with Crippen molar-refractivity contribution < 1.29 is 0 Å². The highest BCUT2D eigenvalue weighted by atomic mass is 15.4. The molecule has 0 N–H and O–H groups in total. The number of hydrogen-bond donors (Lipinski definition) is 0. The third-order valence-electron chi connectivity index (χ3n) is 4.42. The molecule has 0 aromatic rings. The van der Waals surface area contributed by atoms with Crippen LogP contribution in [0.25, 0.3) is 0 Å². The Morgan fingerprint density at radius 1 is 0.882 bits per heavy atom. The smallest absolute Gasteiger partial charge is 0.0620 e. The molecule has 2 aliphatic heterocycles. The average Bonchev–Trinajstić information content (AvgIpc) is 2.29. The van der Waals surface area contributed by atoms with Gasteiger partial charge in [-0.15, -0.1) is 0 Å². The van der Waals surface area contributed by atoms with Gasteiger partial charge >= 0.3 is 0 Å². The van der Waals surface area contributed by atoms with Crippen molar-refractivity contribution >= 4 is 0 Å². The normalized spacial score (nSPS) is 30.7. The van der Waals surface area contributed by atoms with E-state index in [0.29, 0.717) is 11.7 Å². The molecule has 1 unspecified atom stereocenters. The van der Waals surface area contributed by atoms with Gasteiger partial charge in [-0.25, -0.2) is 0 Å². The van der Waals surface area contributed by atoms with Crippen LogP contribution in [0.2, 0.25) is 0 Å². The van der Waals surface area contributed by atoms with Gasteiger partial charge in [0.05, 0.1) is 6.17 Å². The van der Waals surface area contributed by atoms with E-state index in [1.807, 2.05) is 0 Å². The summed E-state index contributed by atoms with van der Waals surface area (Å²) < 4.78 is 0. The van der Waals surface area contributed by atoms with Crippen molar-refractivity contribution in [2.75, 3.05) is 39.8 Å². The van der Waals surface area contributed by atoms with Crippen LogP contribution in [0.1, 0.15) is 40.0 Å². The molecule has 1 atom stereocenters. The minimum absolute atomic E-state index is 0.338. The number of hydrogen-bond acceptors (Lipinski definition) is 3. The van der Waals surface area contributed by atoms with Crippen LogP contribution in [0.4, 0.5) is 0 Å². The largest absolute Gasteiger partial charge is 0.296 e. The van der Waals surface area contributed by atoms with Crippen molar-refractivity contribution in [3.8, 4) is 0 Å². The topological polar surface area (TPSA) is 9.72 Å². The zero-order chi connectivity index (χ0) is 12.5. The lowest BCUT2D eigenvalue weighted by Crippen LogP contribution is -2.59. The van der Waals surface area contributed by atoms with Gasteiger partial charge in [-0.2, -0.15) is 0 Å². The Kier molecular flexibility index (Phi) is 4.11. The summed E-state index contributed by atoms with van der Waals surface area (Å²) in [5, 5.41) is 0. The van der Waals surface area contributed by atoms with E-state index < -0.39 is 0 Å².